The number of hydrogen-bond acceptors (Lipinski definition) is 6. The van der Waals surface area contributed by atoms with Gasteiger partial charge in [-0.2, -0.15) is 0 Å². The summed E-state index contributed by atoms with van der Waals surface area (Å²) in [6, 6.07) is 11.9. The van der Waals surface area contributed by atoms with E-state index in [1.54, 1.807) is 13.1 Å². The Bertz CT molecular complexity index is 1760. The molecule has 4 aromatic rings. The summed E-state index contributed by atoms with van der Waals surface area (Å²) in [6.07, 6.45) is 8.71. The summed E-state index contributed by atoms with van der Waals surface area (Å²) < 4.78 is 21.0. The van der Waals surface area contributed by atoms with Gasteiger partial charge in [0.2, 0.25) is 0 Å². The maximum atomic E-state index is 13.7. The van der Waals surface area contributed by atoms with E-state index in [2.05, 4.69) is 26.5 Å². The van der Waals surface area contributed by atoms with Crippen LogP contribution in [0.1, 0.15) is 67.2 Å². The van der Waals surface area contributed by atoms with Gasteiger partial charge in [0.25, 0.3) is 5.91 Å². The minimum atomic E-state index is -0.472. The SMILES string of the molecule is CC#CC(=O)NC12CCC(c3nc(-c4ccc(CCC(=O)c5cc(F)ccc5OC)cc4)c4c(N)nccn34)(CC1)C2. The molecule has 0 atom stereocenters. The third kappa shape index (κ3) is 4.77. The fourth-order valence-electron chi connectivity index (χ4n) is 6.83. The van der Waals surface area contributed by atoms with Gasteiger partial charge in [-0.15, -0.1) is 0 Å². The number of rotatable bonds is 8. The van der Waals surface area contributed by atoms with Gasteiger partial charge in [0.05, 0.1) is 12.7 Å². The van der Waals surface area contributed by atoms with Crippen molar-refractivity contribution in [1.82, 2.24) is 19.7 Å². The van der Waals surface area contributed by atoms with Crippen LogP contribution in [-0.2, 0) is 16.6 Å². The lowest BCUT2D eigenvalue weighted by molar-refractivity contribution is -0.117. The number of nitrogens with one attached hydrogen (secondary N) is 1. The van der Waals surface area contributed by atoms with Gasteiger partial charge in [-0.3, -0.25) is 14.0 Å². The highest BCUT2D eigenvalue weighted by atomic mass is 19.1. The van der Waals surface area contributed by atoms with Crippen molar-refractivity contribution in [3.8, 4) is 28.8 Å². The molecular formula is C33H32FN5O3. The Labute approximate surface area is 243 Å². The fourth-order valence-corrected chi connectivity index (χ4v) is 6.83. The molecule has 214 valence electrons. The number of hydrogen-bond donors (Lipinski definition) is 2. The third-order valence-electron chi connectivity index (χ3n) is 8.85. The molecule has 0 radical (unpaired) electrons. The molecule has 3 N–H and O–H groups in total. The van der Waals surface area contributed by atoms with Gasteiger partial charge in [-0.1, -0.05) is 30.2 Å². The lowest BCUT2D eigenvalue weighted by Crippen LogP contribution is -2.44. The monoisotopic (exact) mass is 565 g/mol. The van der Waals surface area contributed by atoms with E-state index in [-0.39, 0.29) is 34.6 Å². The van der Waals surface area contributed by atoms with Crippen molar-refractivity contribution in [2.75, 3.05) is 12.8 Å². The first-order valence-corrected chi connectivity index (χ1v) is 14.1. The number of Topliss-reactive ketones (excluding diaryl/α,β-unsaturated/α-hetero) is 1. The number of ether oxygens (including phenoxy) is 1. The Morgan fingerprint density at radius 2 is 1.90 bits per heavy atom. The first-order valence-electron chi connectivity index (χ1n) is 14.1. The van der Waals surface area contributed by atoms with Gasteiger partial charge < -0.3 is 15.8 Å². The van der Waals surface area contributed by atoms with Crippen LogP contribution in [0, 0.1) is 17.7 Å². The van der Waals surface area contributed by atoms with Crippen LogP contribution in [0.4, 0.5) is 10.2 Å². The van der Waals surface area contributed by atoms with Gasteiger partial charge in [0, 0.05) is 35.3 Å². The number of imidazole rings is 1. The highest BCUT2D eigenvalue weighted by Crippen LogP contribution is 2.57. The van der Waals surface area contributed by atoms with Gasteiger partial charge in [0.15, 0.2) is 5.78 Å². The van der Waals surface area contributed by atoms with Crippen molar-refractivity contribution >= 4 is 23.0 Å². The van der Waals surface area contributed by atoms with Gasteiger partial charge in [-0.05, 0) is 75.1 Å². The number of nitrogen functional groups attached to an aromatic ring is 1. The lowest BCUT2D eigenvalue weighted by atomic mass is 9.83. The van der Waals surface area contributed by atoms with Crippen LogP contribution >= 0.6 is 0 Å². The molecule has 2 saturated carbocycles. The second kappa shape index (κ2) is 10.6. The van der Waals surface area contributed by atoms with Crippen LogP contribution < -0.4 is 15.8 Å². The summed E-state index contributed by atoms with van der Waals surface area (Å²) in [5.41, 5.74) is 9.58. The molecule has 9 heteroatoms. The number of aryl methyl sites for hydroxylation is 1. The van der Waals surface area contributed by atoms with Gasteiger partial charge in [0.1, 0.15) is 34.4 Å². The van der Waals surface area contributed by atoms with E-state index in [0.717, 1.165) is 60.3 Å². The van der Waals surface area contributed by atoms with E-state index in [4.69, 9.17) is 15.5 Å². The first kappa shape index (κ1) is 27.5. The molecule has 0 aliphatic heterocycles. The third-order valence-corrected chi connectivity index (χ3v) is 8.85. The Kier molecular flexibility index (Phi) is 6.93. The number of carbonyl (C=O) groups is 2. The van der Waals surface area contributed by atoms with Crippen molar-refractivity contribution in [2.45, 2.75) is 62.8 Å². The summed E-state index contributed by atoms with van der Waals surface area (Å²) in [4.78, 5) is 34.7. The minimum absolute atomic E-state index is 0.180. The number of fused-ring (bicyclic) bond motifs is 3. The first-order chi connectivity index (χ1) is 20.3. The van der Waals surface area contributed by atoms with E-state index in [1.807, 2.05) is 30.5 Å². The van der Waals surface area contributed by atoms with E-state index < -0.39 is 5.82 Å². The predicted octanol–water partition coefficient (Wildman–Crippen LogP) is 5.04. The smallest absolute Gasteiger partial charge is 0.296 e. The second-order valence-electron chi connectivity index (χ2n) is 11.3. The van der Waals surface area contributed by atoms with Crippen LogP contribution in [0.15, 0.2) is 54.9 Å². The largest absolute Gasteiger partial charge is 0.496 e. The Morgan fingerprint density at radius 3 is 2.62 bits per heavy atom. The van der Waals surface area contributed by atoms with Crippen molar-refractivity contribution in [2.24, 2.45) is 0 Å². The molecular weight excluding hydrogens is 533 g/mol. The van der Waals surface area contributed by atoms with Crippen LogP contribution in [0.5, 0.6) is 5.75 Å². The highest BCUT2D eigenvalue weighted by molar-refractivity contribution is 5.98. The van der Waals surface area contributed by atoms with Crippen LogP contribution in [0.25, 0.3) is 16.8 Å². The zero-order valence-corrected chi connectivity index (χ0v) is 23.7. The predicted molar refractivity (Wildman–Crippen MR) is 158 cm³/mol. The fraction of sp³-hybridized carbons (Fsp3) is 0.333. The molecule has 2 heterocycles. The van der Waals surface area contributed by atoms with Crippen molar-refractivity contribution in [1.29, 1.82) is 0 Å². The van der Waals surface area contributed by atoms with Crippen molar-refractivity contribution in [3.05, 3.63) is 77.6 Å². The Balaban J connectivity index is 1.26. The zero-order valence-electron chi connectivity index (χ0n) is 23.7. The van der Waals surface area contributed by atoms with E-state index in [0.29, 0.717) is 18.0 Å². The molecule has 2 aromatic heterocycles. The molecule has 8 nitrogen and oxygen atoms in total. The Morgan fingerprint density at radius 1 is 1.14 bits per heavy atom. The minimum Gasteiger partial charge on any atom is -0.496 e. The Hall–Kier alpha value is -4.71. The summed E-state index contributed by atoms with van der Waals surface area (Å²) >= 11 is 0. The molecule has 2 fully saturated rings. The summed E-state index contributed by atoms with van der Waals surface area (Å²) in [5.74, 6) is 6.12. The van der Waals surface area contributed by atoms with Crippen LogP contribution in [-0.4, -0.2) is 38.7 Å². The molecule has 2 aromatic carbocycles. The number of halogens is 1. The molecule has 0 saturated heterocycles. The van der Waals surface area contributed by atoms with Crippen LogP contribution in [0.3, 0.4) is 0 Å². The molecule has 0 unspecified atom stereocenters. The molecule has 6 rings (SSSR count). The topological polar surface area (TPSA) is 112 Å². The number of methoxy groups -OCH3 is 1. The highest BCUT2D eigenvalue weighted by Gasteiger charge is 2.57. The maximum absolute atomic E-state index is 13.7. The number of anilines is 1. The average molecular weight is 566 g/mol. The van der Waals surface area contributed by atoms with Crippen LogP contribution in [0.2, 0.25) is 0 Å². The second-order valence-corrected chi connectivity index (χ2v) is 11.3. The molecule has 0 spiro atoms. The molecule has 2 aliphatic rings. The molecule has 42 heavy (non-hydrogen) atoms. The zero-order chi connectivity index (χ0) is 29.5. The van der Waals surface area contributed by atoms with Crippen molar-refractivity contribution < 1.29 is 18.7 Å². The van der Waals surface area contributed by atoms with Gasteiger partial charge in [-0.25, -0.2) is 14.4 Å². The number of carbonyl (C=O) groups excluding carboxylic acids is 2. The summed E-state index contributed by atoms with van der Waals surface area (Å²) in [7, 11) is 1.46. The maximum Gasteiger partial charge on any atom is 0.296 e. The number of nitrogens with zero attached hydrogens (tertiary/aromatic N) is 3. The quantitative estimate of drug-likeness (QED) is 0.229. The van der Waals surface area contributed by atoms with Gasteiger partial charge >= 0.3 is 0 Å². The van der Waals surface area contributed by atoms with Crippen molar-refractivity contribution in [3.63, 3.8) is 0 Å². The average Bonchev–Trinajstić information content (AvgIpc) is 3.67. The molecule has 2 bridgehead atoms. The molecule has 2 aliphatic carbocycles. The lowest BCUT2D eigenvalue weighted by Gasteiger charge is -2.27. The number of nitrogens with two attached hydrogens (primary N) is 1. The van der Waals surface area contributed by atoms with E-state index >= 15 is 0 Å². The summed E-state index contributed by atoms with van der Waals surface area (Å²) in [6.45, 7) is 1.66. The van der Waals surface area contributed by atoms with E-state index in [1.165, 1.54) is 25.3 Å². The normalized spacial score (nSPS) is 20.7. The van der Waals surface area contributed by atoms with E-state index in [9.17, 15) is 14.0 Å². The number of amides is 1. The number of ketones is 1. The standard InChI is InChI=1S/C33H32FN5O3/c1-3-4-27(41)38-33-15-13-32(20-33,14-16-33)31-37-28(29-30(35)36-17-18-39(29)31)22-8-5-21(6-9-22)7-11-25(40)24-19-23(34)10-12-26(24)42-2/h5-6,8-10,12,17-19H,7,11,13-16,20H2,1-2H3,(H2,35,36)(H,38,41). The molecule has 1 amide bonds. The summed E-state index contributed by atoms with van der Waals surface area (Å²) in [5, 5.41) is 3.19. The number of benzene rings is 2. The number of aromatic nitrogens is 3.